The minimum absolute atomic E-state index is 0.373. The van der Waals surface area contributed by atoms with E-state index in [0.717, 1.165) is 17.3 Å². The van der Waals surface area contributed by atoms with E-state index in [0.29, 0.717) is 18.7 Å². The second-order valence-electron chi connectivity index (χ2n) is 5.77. The Bertz CT molecular complexity index is 462. The minimum atomic E-state index is 0.373. The number of nitrogens with zero attached hydrogens (tertiary/aromatic N) is 3. The van der Waals surface area contributed by atoms with Crippen LogP contribution in [0.5, 0.6) is 0 Å². The fourth-order valence-corrected chi connectivity index (χ4v) is 3.22. The van der Waals surface area contributed by atoms with Gasteiger partial charge in [0.25, 0.3) is 0 Å². The zero-order chi connectivity index (χ0) is 14.5. The Balaban J connectivity index is 2.27. The summed E-state index contributed by atoms with van der Waals surface area (Å²) in [6, 6.07) is 0.867. The lowest BCUT2D eigenvalue weighted by atomic mass is 9.95. The third kappa shape index (κ3) is 3.41. The Morgan fingerprint density at radius 1 is 1.40 bits per heavy atom. The first-order chi connectivity index (χ1) is 9.65. The van der Waals surface area contributed by atoms with Crippen LogP contribution in [0.1, 0.15) is 52.0 Å². The van der Waals surface area contributed by atoms with Crippen LogP contribution in [0.4, 0.5) is 5.95 Å². The molecule has 1 aliphatic carbocycles. The van der Waals surface area contributed by atoms with E-state index in [-0.39, 0.29) is 0 Å². The summed E-state index contributed by atoms with van der Waals surface area (Å²) in [6.07, 6.45) is 6.33. The van der Waals surface area contributed by atoms with E-state index < -0.39 is 0 Å². The molecule has 0 aromatic carbocycles. The molecule has 5 nitrogen and oxygen atoms in total. The SMILES string of the molecule is COCCN(c1n[nH]c(=S)n1C1CCCCC1)C(C)C. The molecular weight excluding hydrogens is 272 g/mol. The summed E-state index contributed by atoms with van der Waals surface area (Å²) in [7, 11) is 1.73. The smallest absolute Gasteiger partial charge is 0.226 e. The largest absolute Gasteiger partial charge is 0.383 e. The van der Waals surface area contributed by atoms with Gasteiger partial charge in [-0.1, -0.05) is 19.3 Å². The first kappa shape index (κ1) is 15.5. The summed E-state index contributed by atoms with van der Waals surface area (Å²) in [4.78, 5) is 2.27. The number of H-pyrrole nitrogens is 1. The summed E-state index contributed by atoms with van der Waals surface area (Å²) in [5.41, 5.74) is 0. The molecule has 0 bridgehead atoms. The number of methoxy groups -OCH3 is 1. The van der Waals surface area contributed by atoms with Gasteiger partial charge < -0.3 is 9.64 Å². The standard InChI is InChI=1S/C14H26N4OS/c1-11(2)17(9-10-19-3)13-15-16-14(20)18(13)12-7-5-4-6-8-12/h11-12H,4-10H2,1-3H3,(H,16,20). The van der Waals surface area contributed by atoms with Gasteiger partial charge in [-0.15, -0.1) is 5.10 Å². The molecule has 0 spiro atoms. The van der Waals surface area contributed by atoms with E-state index in [2.05, 4.69) is 33.5 Å². The molecule has 1 aliphatic rings. The number of ether oxygens (including phenoxy) is 1. The predicted molar refractivity (Wildman–Crippen MR) is 83.9 cm³/mol. The highest BCUT2D eigenvalue weighted by atomic mass is 32.1. The lowest BCUT2D eigenvalue weighted by molar-refractivity contribution is 0.203. The minimum Gasteiger partial charge on any atom is -0.383 e. The van der Waals surface area contributed by atoms with Crippen LogP contribution in [0.3, 0.4) is 0 Å². The molecule has 2 rings (SSSR count). The summed E-state index contributed by atoms with van der Waals surface area (Å²) in [5.74, 6) is 0.967. The highest BCUT2D eigenvalue weighted by Gasteiger charge is 2.24. The van der Waals surface area contributed by atoms with Gasteiger partial charge in [-0.25, -0.2) is 5.10 Å². The van der Waals surface area contributed by atoms with Crippen molar-refractivity contribution in [3.63, 3.8) is 0 Å². The van der Waals surface area contributed by atoms with E-state index in [9.17, 15) is 0 Å². The normalized spacial score (nSPS) is 16.8. The van der Waals surface area contributed by atoms with Crippen molar-refractivity contribution < 1.29 is 4.74 Å². The first-order valence-electron chi connectivity index (χ1n) is 7.57. The number of rotatable bonds is 6. The van der Waals surface area contributed by atoms with Crippen molar-refractivity contribution in [1.82, 2.24) is 14.8 Å². The van der Waals surface area contributed by atoms with Gasteiger partial charge in [0.1, 0.15) is 0 Å². The predicted octanol–water partition coefficient (Wildman–Crippen LogP) is 3.31. The summed E-state index contributed by atoms with van der Waals surface area (Å²) in [6.45, 7) is 5.89. The summed E-state index contributed by atoms with van der Waals surface area (Å²) >= 11 is 5.46. The van der Waals surface area contributed by atoms with Crippen LogP contribution in [0.2, 0.25) is 0 Å². The van der Waals surface area contributed by atoms with Crippen LogP contribution in [-0.4, -0.2) is 41.1 Å². The molecule has 0 amide bonds. The van der Waals surface area contributed by atoms with Crippen molar-refractivity contribution in [3.8, 4) is 0 Å². The first-order valence-corrected chi connectivity index (χ1v) is 7.98. The Morgan fingerprint density at radius 2 is 2.10 bits per heavy atom. The zero-order valence-electron chi connectivity index (χ0n) is 12.8. The van der Waals surface area contributed by atoms with Crippen LogP contribution >= 0.6 is 12.2 Å². The lowest BCUT2D eigenvalue weighted by Crippen LogP contribution is -2.36. The second-order valence-corrected chi connectivity index (χ2v) is 6.16. The molecule has 20 heavy (non-hydrogen) atoms. The molecule has 1 fully saturated rings. The number of aromatic amines is 1. The van der Waals surface area contributed by atoms with E-state index in [1.807, 2.05) is 0 Å². The topological polar surface area (TPSA) is 46.1 Å². The highest BCUT2D eigenvalue weighted by molar-refractivity contribution is 7.71. The third-order valence-corrected chi connectivity index (χ3v) is 4.33. The maximum Gasteiger partial charge on any atom is 0.226 e. The average molecular weight is 298 g/mol. The third-order valence-electron chi connectivity index (χ3n) is 4.04. The van der Waals surface area contributed by atoms with Crippen LogP contribution in [-0.2, 0) is 4.74 Å². The quantitative estimate of drug-likeness (QED) is 0.819. The molecule has 1 N–H and O–H groups in total. The van der Waals surface area contributed by atoms with E-state index in [1.54, 1.807) is 7.11 Å². The van der Waals surface area contributed by atoms with Gasteiger partial charge >= 0.3 is 0 Å². The molecule has 1 aromatic rings. The molecule has 0 atom stereocenters. The molecule has 0 unspecified atom stereocenters. The Labute approximate surface area is 126 Å². The van der Waals surface area contributed by atoms with E-state index in [4.69, 9.17) is 17.0 Å². The van der Waals surface area contributed by atoms with Gasteiger partial charge in [0.15, 0.2) is 4.77 Å². The van der Waals surface area contributed by atoms with Crippen LogP contribution < -0.4 is 4.90 Å². The Kier molecular flexibility index (Phi) is 5.60. The van der Waals surface area contributed by atoms with Gasteiger partial charge in [-0.3, -0.25) is 4.57 Å². The number of nitrogens with one attached hydrogen (secondary N) is 1. The van der Waals surface area contributed by atoms with Gasteiger partial charge in [0.2, 0.25) is 5.95 Å². The number of hydrogen-bond donors (Lipinski definition) is 1. The van der Waals surface area contributed by atoms with Crippen LogP contribution in [0.15, 0.2) is 0 Å². The van der Waals surface area contributed by atoms with Crippen LogP contribution in [0.25, 0.3) is 0 Å². The molecule has 0 saturated heterocycles. The fourth-order valence-electron chi connectivity index (χ4n) is 2.95. The van der Waals surface area contributed by atoms with E-state index in [1.165, 1.54) is 32.1 Å². The molecule has 114 valence electrons. The molecule has 0 radical (unpaired) electrons. The number of hydrogen-bond acceptors (Lipinski definition) is 4. The highest BCUT2D eigenvalue weighted by Crippen LogP contribution is 2.31. The average Bonchev–Trinajstić information content (AvgIpc) is 2.82. The molecule has 1 aromatic heterocycles. The van der Waals surface area contributed by atoms with Crippen molar-refractivity contribution >= 4 is 18.2 Å². The molecular formula is C14H26N4OS. The molecule has 1 saturated carbocycles. The zero-order valence-corrected chi connectivity index (χ0v) is 13.6. The van der Waals surface area contributed by atoms with Gasteiger partial charge in [0, 0.05) is 25.7 Å². The van der Waals surface area contributed by atoms with Gasteiger partial charge in [-0.05, 0) is 38.9 Å². The van der Waals surface area contributed by atoms with Gasteiger partial charge in [-0.2, -0.15) is 0 Å². The molecule has 0 aliphatic heterocycles. The number of anilines is 1. The Hall–Kier alpha value is -0.880. The van der Waals surface area contributed by atoms with Crippen molar-refractivity contribution in [2.45, 2.75) is 58.0 Å². The van der Waals surface area contributed by atoms with E-state index >= 15 is 0 Å². The summed E-state index contributed by atoms with van der Waals surface area (Å²) in [5, 5.41) is 7.46. The van der Waals surface area contributed by atoms with Crippen LogP contribution in [0, 0.1) is 4.77 Å². The second kappa shape index (κ2) is 7.22. The van der Waals surface area contributed by atoms with Crippen molar-refractivity contribution in [1.29, 1.82) is 0 Å². The maximum atomic E-state index is 5.46. The number of aromatic nitrogens is 3. The monoisotopic (exact) mass is 298 g/mol. The maximum absolute atomic E-state index is 5.46. The van der Waals surface area contributed by atoms with Gasteiger partial charge in [0.05, 0.1) is 6.61 Å². The van der Waals surface area contributed by atoms with Crippen molar-refractivity contribution in [3.05, 3.63) is 4.77 Å². The van der Waals surface area contributed by atoms with Crippen molar-refractivity contribution in [2.75, 3.05) is 25.2 Å². The summed E-state index contributed by atoms with van der Waals surface area (Å²) < 4.78 is 8.19. The Morgan fingerprint density at radius 3 is 2.70 bits per heavy atom. The lowest BCUT2D eigenvalue weighted by Gasteiger charge is -2.31. The van der Waals surface area contributed by atoms with Crippen molar-refractivity contribution in [2.24, 2.45) is 0 Å². The fraction of sp³-hybridized carbons (Fsp3) is 0.857. The molecule has 1 heterocycles. The molecule has 6 heteroatoms.